The van der Waals surface area contributed by atoms with E-state index in [1.165, 1.54) is 0 Å². The summed E-state index contributed by atoms with van der Waals surface area (Å²) in [7, 11) is 0. The standard InChI is InChI=1S/C30H35BrN2O3/c1-22(31)27(34)33(26-15-14-24-12-8-9-13-25(24)18-26)21-30(16-17-30)20-32(28(35)36-29(2,3)4)19-23-10-6-5-7-11-23/h5-15,18,22H,16-17,19-21H2,1-4H3. The normalized spacial score (nSPS) is 15.2. The van der Waals surface area contributed by atoms with Crippen LogP contribution in [0.5, 0.6) is 0 Å². The summed E-state index contributed by atoms with van der Waals surface area (Å²) >= 11 is 3.49. The average molecular weight is 552 g/mol. The first-order valence-electron chi connectivity index (χ1n) is 12.5. The van der Waals surface area contributed by atoms with Crippen LogP contribution in [0, 0.1) is 5.41 Å². The minimum absolute atomic E-state index is 0.0171. The molecule has 6 heteroatoms. The van der Waals surface area contributed by atoms with Crippen molar-refractivity contribution in [1.29, 1.82) is 0 Å². The van der Waals surface area contributed by atoms with Gasteiger partial charge in [0.1, 0.15) is 5.60 Å². The Hall–Kier alpha value is -2.86. The molecule has 0 bridgehead atoms. The summed E-state index contributed by atoms with van der Waals surface area (Å²) in [6, 6.07) is 24.3. The van der Waals surface area contributed by atoms with Gasteiger partial charge in [-0.25, -0.2) is 4.79 Å². The molecule has 0 aliphatic heterocycles. The van der Waals surface area contributed by atoms with Gasteiger partial charge in [-0.2, -0.15) is 0 Å². The van der Waals surface area contributed by atoms with Crippen molar-refractivity contribution < 1.29 is 14.3 Å². The summed E-state index contributed by atoms with van der Waals surface area (Å²) in [5, 5.41) is 2.24. The molecule has 3 aromatic carbocycles. The summed E-state index contributed by atoms with van der Waals surface area (Å²) in [4.78, 5) is 30.0. The number of halogens is 1. The zero-order valence-corrected chi connectivity index (χ0v) is 23.1. The molecule has 0 spiro atoms. The largest absolute Gasteiger partial charge is 0.444 e. The predicted molar refractivity (Wildman–Crippen MR) is 149 cm³/mol. The summed E-state index contributed by atoms with van der Waals surface area (Å²) in [6.45, 7) is 9.07. The molecule has 0 N–H and O–H groups in total. The Balaban J connectivity index is 1.60. The van der Waals surface area contributed by atoms with Gasteiger partial charge in [0.15, 0.2) is 0 Å². The van der Waals surface area contributed by atoms with Crippen molar-refractivity contribution in [2.45, 2.75) is 57.5 Å². The van der Waals surface area contributed by atoms with E-state index in [0.717, 1.165) is 34.9 Å². The highest BCUT2D eigenvalue weighted by molar-refractivity contribution is 9.10. The van der Waals surface area contributed by atoms with E-state index in [1.807, 2.05) is 81.1 Å². The molecule has 1 unspecified atom stereocenters. The highest BCUT2D eigenvalue weighted by Crippen LogP contribution is 2.48. The SMILES string of the molecule is CC(Br)C(=O)N(CC1(CN(Cc2ccccc2)C(=O)OC(C)(C)C)CC1)c1ccc2ccccc2c1. The second-order valence-electron chi connectivity index (χ2n) is 10.9. The fourth-order valence-electron chi connectivity index (χ4n) is 4.45. The number of benzene rings is 3. The third-order valence-electron chi connectivity index (χ3n) is 6.50. The third kappa shape index (κ3) is 6.67. The van der Waals surface area contributed by atoms with E-state index in [4.69, 9.17) is 4.74 Å². The van der Waals surface area contributed by atoms with Gasteiger partial charge in [-0.1, -0.05) is 76.6 Å². The Labute approximate surface area is 222 Å². The number of carbonyl (C=O) groups excluding carboxylic acids is 2. The molecule has 36 heavy (non-hydrogen) atoms. The number of alkyl halides is 1. The zero-order chi connectivity index (χ0) is 25.9. The molecule has 0 saturated heterocycles. The molecule has 1 saturated carbocycles. The van der Waals surface area contributed by atoms with Gasteiger partial charge in [0.2, 0.25) is 5.91 Å². The molecule has 1 fully saturated rings. The maximum atomic E-state index is 13.4. The minimum Gasteiger partial charge on any atom is -0.444 e. The number of anilines is 1. The van der Waals surface area contributed by atoms with Gasteiger partial charge >= 0.3 is 6.09 Å². The Morgan fingerprint density at radius 2 is 1.58 bits per heavy atom. The van der Waals surface area contributed by atoms with Crippen molar-refractivity contribution >= 4 is 44.4 Å². The first-order chi connectivity index (χ1) is 17.1. The fourth-order valence-corrected chi connectivity index (χ4v) is 4.70. The highest BCUT2D eigenvalue weighted by Gasteiger charge is 2.47. The first kappa shape index (κ1) is 26.2. The number of rotatable bonds is 8. The van der Waals surface area contributed by atoms with Crippen molar-refractivity contribution in [2.24, 2.45) is 5.41 Å². The van der Waals surface area contributed by atoms with E-state index in [2.05, 4.69) is 40.2 Å². The van der Waals surface area contributed by atoms with Crippen molar-refractivity contribution in [2.75, 3.05) is 18.0 Å². The van der Waals surface area contributed by atoms with Crippen LogP contribution >= 0.6 is 15.9 Å². The first-order valence-corrected chi connectivity index (χ1v) is 13.4. The Bertz CT molecular complexity index is 1220. The molecule has 2 amide bonds. The van der Waals surface area contributed by atoms with Gasteiger partial charge in [-0.15, -0.1) is 0 Å². The second kappa shape index (κ2) is 10.6. The van der Waals surface area contributed by atoms with Crippen LogP contribution in [0.25, 0.3) is 10.8 Å². The van der Waals surface area contributed by atoms with E-state index in [9.17, 15) is 9.59 Å². The molecule has 190 valence electrons. The number of amides is 2. The van der Waals surface area contributed by atoms with Crippen LogP contribution in [0.1, 0.15) is 46.1 Å². The van der Waals surface area contributed by atoms with Crippen molar-refractivity contribution in [3.8, 4) is 0 Å². The van der Waals surface area contributed by atoms with Crippen molar-refractivity contribution in [3.63, 3.8) is 0 Å². The van der Waals surface area contributed by atoms with Crippen LogP contribution in [-0.4, -0.2) is 40.4 Å². The molecule has 0 heterocycles. The third-order valence-corrected chi connectivity index (χ3v) is 6.89. The van der Waals surface area contributed by atoms with Gasteiger partial charge in [-0.3, -0.25) is 4.79 Å². The van der Waals surface area contributed by atoms with Crippen LogP contribution in [-0.2, 0) is 16.1 Å². The van der Waals surface area contributed by atoms with Gasteiger partial charge in [-0.05, 0) is 69.0 Å². The van der Waals surface area contributed by atoms with Gasteiger partial charge < -0.3 is 14.5 Å². The Kier molecular flexibility index (Phi) is 7.74. The predicted octanol–water partition coefficient (Wildman–Crippen LogP) is 7.17. The maximum absolute atomic E-state index is 13.4. The lowest BCUT2D eigenvalue weighted by molar-refractivity contribution is -0.117. The van der Waals surface area contributed by atoms with Crippen molar-refractivity contribution in [3.05, 3.63) is 78.4 Å². The molecule has 5 nitrogen and oxygen atoms in total. The molecule has 3 aromatic rings. The van der Waals surface area contributed by atoms with Crippen LogP contribution in [0.2, 0.25) is 0 Å². The van der Waals surface area contributed by atoms with Gasteiger partial charge in [0, 0.05) is 30.7 Å². The summed E-state index contributed by atoms with van der Waals surface area (Å²) in [5.41, 5.74) is 1.18. The van der Waals surface area contributed by atoms with Crippen LogP contribution in [0.15, 0.2) is 72.8 Å². The number of carbonyl (C=O) groups is 2. The Morgan fingerprint density at radius 3 is 2.19 bits per heavy atom. The van der Waals surface area contributed by atoms with E-state index in [-0.39, 0.29) is 22.2 Å². The molecule has 0 aromatic heterocycles. The summed E-state index contributed by atoms with van der Waals surface area (Å²) in [5.74, 6) is 0.0171. The van der Waals surface area contributed by atoms with E-state index in [1.54, 1.807) is 4.90 Å². The number of nitrogens with zero attached hydrogens (tertiary/aromatic N) is 2. The summed E-state index contributed by atoms with van der Waals surface area (Å²) < 4.78 is 5.77. The van der Waals surface area contributed by atoms with Gasteiger partial charge in [0.25, 0.3) is 0 Å². The number of fused-ring (bicyclic) bond motifs is 1. The van der Waals surface area contributed by atoms with E-state index in [0.29, 0.717) is 19.6 Å². The molecule has 1 aliphatic carbocycles. The molecular formula is C30H35BrN2O3. The lowest BCUT2D eigenvalue weighted by Gasteiger charge is -2.34. The molecular weight excluding hydrogens is 516 g/mol. The second-order valence-corrected chi connectivity index (χ2v) is 12.3. The zero-order valence-electron chi connectivity index (χ0n) is 21.5. The van der Waals surface area contributed by atoms with E-state index >= 15 is 0 Å². The van der Waals surface area contributed by atoms with Crippen LogP contribution in [0.3, 0.4) is 0 Å². The number of hydrogen-bond donors (Lipinski definition) is 0. The number of ether oxygens (including phenoxy) is 1. The average Bonchev–Trinajstić information content (AvgIpc) is 3.60. The maximum Gasteiger partial charge on any atom is 0.410 e. The van der Waals surface area contributed by atoms with E-state index < -0.39 is 5.60 Å². The topological polar surface area (TPSA) is 49.9 Å². The van der Waals surface area contributed by atoms with Crippen LogP contribution < -0.4 is 4.90 Å². The summed E-state index contributed by atoms with van der Waals surface area (Å²) in [6.07, 6.45) is 1.58. The molecule has 1 aliphatic rings. The molecule has 1 atom stereocenters. The van der Waals surface area contributed by atoms with Crippen molar-refractivity contribution in [1.82, 2.24) is 4.90 Å². The number of hydrogen-bond acceptors (Lipinski definition) is 3. The van der Waals surface area contributed by atoms with Crippen LogP contribution in [0.4, 0.5) is 10.5 Å². The lowest BCUT2D eigenvalue weighted by Crippen LogP contribution is -2.45. The Morgan fingerprint density at radius 1 is 0.944 bits per heavy atom. The highest BCUT2D eigenvalue weighted by atomic mass is 79.9. The fraction of sp³-hybridized carbons (Fsp3) is 0.400. The monoisotopic (exact) mass is 550 g/mol. The van der Waals surface area contributed by atoms with Gasteiger partial charge in [0.05, 0.1) is 4.83 Å². The minimum atomic E-state index is -0.582. The smallest absolute Gasteiger partial charge is 0.410 e. The quantitative estimate of drug-likeness (QED) is 0.279. The lowest BCUT2D eigenvalue weighted by atomic mass is 10.0. The molecule has 4 rings (SSSR count). The molecule has 0 radical (unpaired) electrons.